The normalized spacial score (nSPS) is 13.8. The van der Waals surface area contributed by atoms with Crippen LogP contribution in [0.3, 0.4) is 0 Å². The highest BCUT2D eigenvalue weighted by Crippen LogP contribution is 2.40. The lowest BCUT2D eigenvalue weighted by Gasteiger charge is -2.27. The van der Waals surface area contributed by atoms with Crippen LogP contribution >= 0.6 is 27.3 Å². The predicted molar refractivity (Wildman–Crippen MR) is 137 cm³/mol. The van der Waals surface area contributed by atoms with Gasteiger partial charge in [0.1, 0.15) is 10.8 Å². The van der Waals surface area contributed by atoms with Gasteiger partial charge in [-0.1, -0.05) is 30.3 Å². The summed E-state index contributed by atoms with van der Waals surface area (Å²) in [5.41, 5.74) is 3.93. The third-order valence-corrected chi connectivity index (χ3v) is 7.18. The summed E-state index contributed by atoms with van der Waals surface area (Å²) in [6.07, 6.45) is 2.61. The molecule has 0 N–H and O–H groups in total. The molecule has 5 nitrogen and oxygen atoms in total. The number of carbonyl (C=O) groups excluding carboxylic acids is 1. The number of benzene rings is 2. The number of fused-ring (bicyclic) bond motifs is 1. The third kappa shape index (κ3) is 5.72. The first-order valence-corrected chi connectivity index (χ1v) is 12.7. The predicted octanol–water partition coefficient (Wildman–Crippen LogP) is 6.39. The first-order valence-electron chi connectivity index (χ1n) is 11.1. The van der Waals surface area contributed by atoms with Crippen LogP contribution in [-0.4, -0.2) is 36.8 Å². The van der Waals surface area contributed by atoms with Crippen molar-refractivity contribution in [2.24, 2.45) is 4.99 Å². The average molecular weight is 527 g/mol. The van der Waals surface area contributed by atoms with Gasteiger partial charge in [-0.25, -0.2) is 9.79 Å². The van der Waals surface area contributed by atoms with Gasteiger partial charge in [0.2, 0.25) is 0 Å². The average Bonchev–Trinajstić information content (AvgIpc) is 3.18. The monoisotopic (exact) mass is 526 g/mol. The third-order valence-electron chi connectivity index (χ3n) is 5.43. The summed E-state index contributed by atoms with van der Waals surface area (Å²) in [5.74, 6) is 0.512. The highest BCUT2D eigenvalue weighted by molar-refractivity contribution is 9.10. The Labute approximate surface area is 207 Å². The highest BCUT2D eigenvalue weighted by atomic mass is 79.9. The second kappa shape index (κ2) is 11.1. The van der Waals surface area contributed by atoms with Crippen molar-refractivity contribution in [3.8, 4) is 5.75 Å². The zero-order valence-electron chi connectivity index (χ0n) is 18.8. The van der Waals surface area contributed by atoms with Crippen molar-refractivity contribution in [1.29, 1.82) is 0 Å². The van der Waals surface area contributed by atoms with E-state index < -0.39 is 0 Å². The molecule has 7 heteroatoms. The van der Waals surface area contributed by atoms with Gasteiger partial charge in [-0.05, 0) is 71.1 Å². The molecule has 2 heterocycles. The molecule has 33 heavy (non-hydrogen) atoms. The summed E-state index contributed by atoms with van der Waals surface area (Å²) >= 11 is 5.14. The molecule has 0 atom stereocenters. The minimum atomic E-state index is -0.286. The van der Waals surface area contributed by atoms with E-state index in [-0.39, 0.29) is 5.97 Å². The van der Waals surface area contributed by atoms with Crippen molar-refractivity contribution in [2.45, 2.75) is 33.4 Å². The van der Waals surface area contributed by atoms with Crippen LogP contribution in [0.2, 0.25) is 0 Å². The Hall–Kier alpha value is -2.48. The van der Waals surface area contributed by atoms with Crippen LogP contribution in [0.15, 0.2) is 58.0 Å². The highest BCUT2D eigenvalue weighted by Gasteiger charge is 2.28. The van der Waals surface area contributed by atoms with Crippen molar-refractivity contribution in [1.82, 2.24) is 4.90 Å². The van der Waals surface area contributed by atoms with E-state index >= 15 is 0 Å². The molecule has 1 aliphatic heterocycles. The van der Waals surface area contributed by atoms with Crippen molar-refractivity contribution in [3.05, 3.63) is 80.1 Å². The van der Waals surface area contributed by atoms with Crippen molar-refractivity contribution >= 4 is 44.5 Å². The molecular weight excluding hydrogens is 500 g/mol. The largest absolute Gasteiger partial charge is 0.493 e. The van der Waals surface area contributed by atoms with Gasteiger partial charge in [-0.2, -0.15) is 0 Å². The molecule has 0 bridgehead atoms. The number of ether oxygens (including phenoxy) is 2. The molecule has 0 radical (unpaired) electrons. The molecule has 0 saturated heterocycles. The molecule has 0 fully saturated rings. The number of rotatable bonds is 8. The molecule has 2 aromatic carbocycles. The minimum Gasteiger partial charge on any atom is -0.493 e. The lowest BCUT2D eigenvalue weighted by Crippen LogP contribution is -2.29. The lowest BCUT2D eigenvalue weighted by molar-refractivity contribution is 0.0526. The van der Waals surface area contributed by atoms with Crippen molar-refractivity contribution < 1.29 is 14.3 Å². The van der Waals surface area contributed by atoms with Crippen LogP contribution in [0.5, 0.6) is 5.75 Å². The molecule has 1 aliphatic rings. The van der Waals surface area contributed by atoms with Crippen LogP contribution in [0.1, 0.15) is 45.8 Å². The molecule has 0 spiro atoms. The smallest absolute Gasteiger partial charge is 0.341 e. The zero-order chi connectivity index (χ0) is 23.2. The quantitative estimate of drug-likeness (QED) is 0.252. The van der Waals surface area contributed by atoms with Gasteiger partial charge in [0.15, 0.2) is 0 Å². The van der Waals surface area contributed by atoms with E-state index in [9.17, 15) is 4.79 Å². The van der Waals surface area contributed by atoms with Crippen LogP contribution in [0.4, 0.5) is 5.00 Å². The Bertz CT molecular complexity index is 1140. The fourth-order valence-electron chi connectivity index (χ4n) is 3.93. The summed E-state index contributed by atoms with van der Waals surface area (Å²) in [7, 11) is 0. The van der Waals surface area contributed by atoms with E-state index in [0.717, 1.165) is 47.4 Å². The van der Waals surface area contributed by atoms with Gasteiger partial charge < -0.3 is 9.47 Å². The second-order valence-corrected chi connectivity index (χ2v) is 9.67. The first-order chi connectivity index (χ1) is 16.1. The van der Waals surface area contributed by atoms with Crippen LogP contribution in [0.25, 0.3) is 0 Å². The van der Waals surface area contributed by atoms with E-state index in [1.165, 1.54) is 10.4 Å². The molecule has 0 saturated carbocycles. The number of nitrogens with zero attached hydrogens (tertiary/aromatic N) is 2. The fourth-order valence-corrected chi connectivity index (χ4v) is 5.66. The van der Waals surface area contributed by atoms with Gasteiger partial charge in [-0.15, -0.1) is 11.3 Å². The summed E-state index contributed by atoms with van der Waals surface area (Å²) < 4.78 is 11.8. The lowest BCUT2D eigenvalue weighted by atomic mass is 10.0. The molecule has 172 valence electrons. The SMILES string of the molecule is CCOC(=O)c1c(N=Cc2ccc(OCC)c(Br)c2)sc2c1CCN(Cc1ccccc1)C2. The standard InChI is InChI=1S/C26H27BrN2O3S/c1-3-31-22-11-10-19(14-21(22)27)15-28-25-24(26(30)32-4-2)20-12-13-29(17-23(20)33-25)16-18-8-6-5-7-9-18/h5-11,14-15H,3-4,12-13,16-17H2,1-2H3. The van der Waals surface area contributed by atoms with Crippen molar-refractivity contribution in [2.75, 3.05) is 19.8 Å². The maximum absolute atomic E-state index is 12.8. The summed E-state index contributed by atoms with van der Waals surface area (Å²) in [5, 5.41) is 0.713. The Morgan fingerprint density at radius 2 is 2.00 bits per heavy atom. The Kier molecular flexibility index (Phi) is 7.96. The number of esters is 1. The summed E-state index contributed by atoms with van der Waals surface area (Å²) in [4.78, 5) is 21.2. The molecule has 3 aromatic rings. The maximum atomic E-state index is 12.8. The van der Waals surface area contributed by atoms with E-state index in [1.54, 1.807) is 17.6 Å². The molecule has 0 unspecified atom stereocenters. The molecular formula is C26H27BrN2O3S. The van der Waals surface area contributed by atoms with Gasteiger partial charge >= 0.3 is 5.97 Å². The topological polar surface area (TPSA) is 51.1 Å². The fraction of sp³-hybridized carbons (Fsp3) is 0.308. The van der Waals surface area contributed by atoms with Gasteiger partial charge in [0, 0.05) is 30.7 Å². The number of hydrogen-bond acceptors (Lipinski definition) is 6. The van der Waals surface area contributed by atoms with E-state index in [0.29, 0.717) is 23.8 Å². The minimum absolute atomic E-state index is 0.286. The molecule has 0 aliphatic carbocycles. The van der Waals surface area contributed by atoms with Crippen molar-refractivity contribution in [3.63, 3.8) is 0 Å². The zero-order valence-corrected chi connectivity index (χ0v) is 21.2. The van der Waals surface area contributed by atoms with Gasteiger partial charge in [0.25, 0.3) is 0 Å². The van der Waals surface area contributed by atoms with E-state index in [1.807, 2.05) is 38.1 Å². The van der Waals surface area contributed by atoms with Gasteiger partial charge in [-0.3, -0.25) is 4.90 Å². The van der Waals surface area contributed by atoms with Crippen LogP contribution < -0.4 is 4.74 Å². The number of carbonyl (C=O) groups is 1. The number of hydrogen-bond donors (Lipinski definition) is 0. The van der Waals surface area contributed by atoms with Crippen LogP contribution in [0, 0.1) is 0 Å². The maximum Gasteiger partial charge on any atom is 0.341 e. The number of aliphatic imine (C=N–C) groups is 1. The number of thiophene rings is 1. The molecule has 1 aromatic heterocycles. The first kappa shape index (κ1) is 23.7. The Morgan fingerprint density at radius 3 is 2.73 bits per heavy atom. The van der Waals surface area contributed by atoms with E-state index in [4.69, 9.17) is 14.5 Å². The number of halogens is 1. The van der Waals surface area contributed by atoms with Gasteiger partial charge in [0.05, 0.1) is 23.2 Å². The van der Waals surface area contributed by atoms with E-state index in [2.05, 4.69) is 45.1 Å². The summed E-state index contributed by atoms with van der Waals surface area (Å²) in [6.45, 7) is 7.35. The Balaban J connectivity index is 1.59. The Morgan fingerprint density at radius 1 is 1.18 bits per heavy atom. The summed E-state index contributed by atoms with van der Waals surface area (Å²) in [6, 6.07) is 16.3. The molecule has 4 rings (SSSR count). The second-order valence-electron chi connectivity index (χ2n) is 7.73. The van der Waals surface area contributed by atoms with Crippen LogP contribution in [-0.2, 0) is 24.2 Å². The molecule has 0 amide bonds.